The first-order chi connectivity index (χ1) is 10.9. The van der Waals surface area contributed by atoms with Gasteiger partial charge in [0.25, 0.3) is 0 Å². The zero-order chi connectivity index (χ0) is 17.3. The number of nitrogens with zero attached hydrogens (tertiary/aromatic N) is 3. The zero-order valence-corrected chi connectivity index (χ0v) is 16.1. The van der Waals surface area contributed by atoms with Crippen LogP contribution in [0, 0.1) is 0 Å². The monoisotopic (exact) mass is 340 g/mol. The van der Waals surface area contributed by atoms with Gasteiger partial charge in [-0.05, 0) is 34.1 Å². The van der Waals surface area contributed by atoms with Crippen LogP contribution in [0.5, 0.6) is 0 Å². The number of rotatable bonds is 10. The van der Waals surface area contributed by atoms with E-state index >= 15 is 0 Å². The highest BCUT2D eigenvalue weighted by Crippen LogP contribution is 2.18. The molecule has 6 heteroatoms. The second kappa shape index (κ2) is 9.96. The lowest BCUT2D eigenvalue weighted by Crippen LogP contribution is -2.41. The van der Waals surface area contributed by atoms with Crippen molar-refractivity contribution in [2.45, 2.75) is 90.4 Å². The molecule has 0 spiro atoms. The predicted octanol–water partition coefficient (Wildman–Crippen LogP) is 3.82. The molecule has 132 valence electrons. The van der Waals surface area contributed by atoms with Gasteiger partial charge in [0, 0.05) is 18.5 Å². The fourth-order valence-corrected chi connectivity index (χ4v) is 3.22. The van der Waals surface area contributed by atoms with E-state index in [2.05, 4.69) is 33.9 Å². The Hall–Kier alpha value is -1.04. The Bertz CT molecular complexity index is 479. The van der Waals surface area contributed by atoms with Crippen LogP contribution in [0.4, 0.5) is 0 Å². The zero-order valence-electron chi connectivity index (χ0n) is 15.3. The third-order valence-corrected chi connectivity index (χ3v) is 4.43. The summed E-state index contributed by atoms with van der Waals surface area (Å²) in [6, 6.07) is 0. The molecule has 1 heterocycles. The van der Waals surface area contributed by atoms with Crippen LogP contribution < -0.4 is 5.32 Å². The van der Waals surface area contributed by atoms with Crippen molar-refractivity contribution >= 4 is 17.7 Å². The molecule has 1 amide bonds. The van der Waals surface area contributed by atoms with Gasteiger partial charge in [-0.2, -0.15) is 0 Å². The van der Waals surface area contributed by atoms with E-state index in [4.69, 9.17) is 0 Å². The molecule has 1 aromatic rings. The second-order valence-electron chi connectivity index (χ2n) is 6.89. The summed E-state index contributed by atoms with van der Waals surface area (Å²) in [5, 5.41) is 12.4. The van der Waals surface area contributed by atoms with Crippen molar-refractivity contribution in [2.24, 2.45) is 0 Å². The molecule has 0 aliphatic carbocycles. The van der Waals surface area contributed by atoms with Crippen molar-refractivity contribution in [3.8, 4) is 0 Å². The standard InChI is InChI=1S/C17H32N4OS/c1-6-8-9-10-11-12-14-19-20-16(21(14)7-2)23-13-15(22)18-17(3,4)5/h6-13H2,1-5H3,(H,18,22). The van der Waals surface area contributed by atoms with E-state index in [9.17, 15) is 4.79 Å². The molecule has 0 atom stereocenters. The van der Waals surface area contributed by atoms with Crippen molar-refractivity contribution < 1.29 is 4.79 Å². The number of hydrogen-bond acceptors (Lipinski definition) is 4. The largest absolute Gasteiger partial charge is 0.351 e. The third kappa shape index (κ3) is 7.86. The van der Waals surface area contributed by atoms with Crippen LogP contribution in [0.15, 0.2) is 5.16 Å². The maximum absolute atomic E-state index is 11.9. The fourth-order valence-electron chi connectivity index (χ4n) is 2.40. The predicted molar refractivity (Wildman–Crippen MR) is 96.8 cm³/mol. The smallest absolute Gasteiger partial charge is 0.230 e. The van der Waals surface area contributed by atoms with E-state index in [1.807, 2.05) is 20.8 Å². The van der Waals surface area contributed by atoms with Crippen LogP contribution in [0.1, 0.15) is 72.5 Å². The highest BCUT2D eigenvalue weighted by atomic mass is 32.2. The lowest BCUT2D eigenvalue weighted by Gasteiger charge is -2.20. The Kier molecular flexibility index (Phi) is 8.66. The average molecular weight is 341 g/mol. The number of aromatic nitrogens is 3. The first-order valence-corrected chi connectivity index (χ1v) is 9.71. The molecule has 0 aromatic carbocycles. The molecule has 1 aromatic heterocycles. The topological polar surface area (TPSA) is 59.8 Å². The Morgan fingerprint density at radius 2 is 1.83 bits per heavy atom. The quantitative estimate of drug-likeness (QED) is 0.519. The Balaban J connectivity index is 2.49. The average Bonchev–Trinajstić information content (AvgIpc) is 2.85. The van der Waals surface area contributed by atoms with Gasteiger partial charge in [0.1, 0.15) is 5.82 Å². The molecule has 23 heavy (non-hydrogen) atoms. The summed E-state index contributed by atoms with van der Waals surface area (Å²) in [5.74, 6) is 1.46. The van der Waals surface area contributed by atoms with E-state index < -0.39 is 0 Å². The number of carbonyl (C=O) groups excluding carboxylic acids is 1. The normalized spacial score (nSPS) is 11.7. The summed E-state index contributed by atoms with van der Waals surface area (Å²) in [4.78, 5) is 11.9. The van der Waals surface area contributed by atoms with Crippen LogP contribution in [-0.2, 0) is 17.8 Å². The van der Waals surface area contributed by atoms with E-state index in [0.29, 0.717) is 5.75 Å². The summed E-state index contributed by atoms with van der Waals surface area (Å²) in [7, 11) is 0. The van der Waals surface area contributed by atoms with Crippen LogP contribution in [0.2, 0.25) is 0 Å². The van der Waals surface area contributed by atoms with E-state index in [-0.39, 0.29) is 11.4 Å². The molecule has 1 N–H and O–H groups in total. The number of amides is 1. The summed E-state index contributed by atoms with van der Waals surface area (Å²) < 4.78 is 2.13. The van der Waals surface area contributed by atoms with Crippen LogP contribution in [-0.4, -0.2) is 32.0 Å². The number of unbranched alkanes of at least 4 members (excludes halogenated alkanes) is 4. The molecule has 0 saturated carbocycles. The lowest BCUT2D eigenvalue weighted by atomic mass is 10.1. The minimum Gasteiger partial charge on any atom is -0.351 e. The van der Waals surface area contributed by atoms with Gasteiger partial charge in [0.05, 0.1) is 5.75 Å². The Morgan fingerprint density at radius 3 is 2.43 bits per heavy atom. The number of thioether (sulfide) groups is 1. The minimum absolute atomic E-state index is 0.0364. The van der Waals surface area contributed by atoms with E-state index in [0.717, 1.165) is 30.4 Å². The van der Waals surface area contributed by atoms with E-state index in [1.165, 1.54) is 37.4 Å². The maximum Gasteiger partial charge on any atom is 0.230 e. The molecule has 0 aliphatic heterocycles. The van der Waals surface area contributed by atoms with Gasteiger partial charge < -0.3 is 9.88 Å². The summed E-state index contributed by atoms with van der Waals surface area (Å²) >= 11 is 1.47. The first kappa shape index (κ1) is 20.0. The van der Waals surface area contributed by atoms with E-state index in [1.54, 1.807) is 0 Å². The molecule has 0 radical (unpaired) electrons. The van der Waals surface area contributed by atoms with Crippen molar-refractivity contribution in [1.29, 1.82) is 0 Å². The summed E-state index contributed by atoms with van der Waals surface area (Å²) in [6.45, 7) is 11.1. The van der Waals surface area contributed by atoms with Crippen molar-refractivity contribution in [2.75, 3.05) is 5.75 Å². The fraction of sp³-hybridized carbons (Fsp3) is 0.824. The van der Waals surface area contributed by atoms with Gasteiger partial charge in [0.2, 0.25) is 5.91 Å². The van der Waals surface area contributed by atoms with Crippen LogP contribution in [0.3, 0.4) is 0 Å². The molecule has 0 unspecified atom stereocenters. The highest BCUT2D eigenvalue weighted by Gasteiger charge is 2.16. The van der Waals surface area contributed by atoms with Crippen molar-refractivity contribution in [3.05, 3.63) is 5.82 Å². The minimum atomic E-state index is -0.195. The molecular weight excluding hydrogens is 308 g/mol. The SMILES string of the molecule is CCCCCCCc1nnc(SCC(=O)NC(C)(C)C)n1CC. The van der Waals surface area contributed by atoms with Crippen LogP contribution >= 0.6 is 11.8 Å². The van der Waals surface area contributed by atoms with Crippen LogP contribution in [0.25, 0.3) is 0 Å². The van der Waals surface area contributed by atoms with Gasteiger partial charge in [-0.1, -0.05) is 44.4 Å². The summed E-state index contributed by atoms with van der Waals surface area (Å²) in [6.07, 6.45) is 7.26. The van der Waals surface area contributed by atoms with Gasteiger partial charge in [-0.15, -0.1) is 10.2 Å². The summed E-state index contributed by atoms with van der Waals surface area (Å²) in [5.41, 5.74) is -0.195. The van der Waals surface area contributed by atoms with Gasteiger partial charge >= 0.3 is 0 Å². The number of aryl methyl sites for hydroxylation is 1. The molecule has 0 aliphatic rings. The molecule has 1 rings (SSSR count). The van der Waals surface area contributed by atoms with Crippen molar-refractivity contribution in [1.82, 2.24) is 20.1 Å². The van der Waals surface area contributed by atoms with Gasteiger partial charge in [-0.25, -0.2) is 0 Å². The molecule has 0 fully saturated rings. The molecule has 0 saturated heterocycles. The lowest BCUT2D eigenvalue weighted by molar-refractivity contribution is -0.119. The maximum atomic E-state index is 11.9. The Labute approximate surface area is 145 Å². The molecule has 0 bridgehead atoms. The number of hydrogen-bond donors (Lipinski definition) is 1. The molecular formula is C17H32N4OS. The third-order valence-electron chi connectivity index (χ3n) is 3.46. The Morgan fingerprint density at radius 1 is 1.13 bits per heavy atom. The van der Waals surface area contributed by atoms with Crippen molar-refractivity contribution in [3.63, 3.8) is 0 Å². The first-order valence-electron chi connectivity index (χ1n) is 8.73. The number of carbonyl (C=O) groups is 1. The second-order valence-corrected chi connectivity index (χ2v) is 7.84. The molecule has 5 nitrogen and oxygen atoms in total. The highest BCUT2D eigenvalue weighted by molar-refractivity contribution is 7.99. The number of nitrogens with one attached hydrogen (secondary N) is 1. The van der Waals surface area contributed by atoms with Gasteiger partial charge in [-0.3, -0.25) is 4.79 Å². The van der Waals surface area contributed by atoms with Gasteiger partial charge in [0.15, 0.2) is 5.16 Å².